The van der Waals surface area contributed by atoms with Crippen molar-refractivity contribution in [1.29, 1.82) is 0 Å². The summed E-state index contributed by atoms with van der Waals surface area (Å²) in [5.74, 6) is -0.162. The topological polar surface area (TPSA) is 84.9 Å². The highest BCUT2D eigenvalue weighted by Crippen LogP contribution is 2.37. The monoisotopic (exact) mass is 320 g/mol. The van der Waals surface area contributed by atoms with E-state index in [1.54, 1.807) is 0 Å². The molecule has 2 aliphatic rings. The molecule has 7 nitrogen and oxygen atoms in total. The van der Waals surface area contributed by atoms with E-state index in [1.807, 2.05) is 0 Å². The molecule has 0 unspecified atom stereocenters. The number of rotatable bonds is 5. The van der Waals surface area contributed by atoms with Gasteiger partial charge in [-0.25, -0.2) is 8.42 Å². The zero-order valence-corrected chi connectivity index (χ0v) is 13.4. The van der Waals surface area contributed by atoms with E-state index >= 15 is 0 Å². The lowest BCUT2D eigenvalue weighted by atomic mass is 9.90. The van der Waals surface area contributed by atoms with Gasteiger partial charge in [0, 0.05) is 26.7 Å². The lowest BCUT2D eigenvalue weighted by molar-refractivity contribution is -0.132. The molecule has 21 heavy (non-hydrogen) atoms. The summed E-state index contributed by atoms with van der Waals surface area (Å²) >= 11 is 0. The van der Waals surface area contributed by atoms with Gasteiger partial charge < -0.3 is 14.8 Å². The van der Waals surface area contributed by atoms with Crippen LogP contribution in [0.15, 0.2) is 0 Å². The summed E-state index contributed by atoms with van der Waals surface area (Å²) in [5, 5.41) is 2.78. The van der Waals surface area contributed by atoms with Crippen molar-refractivity contribution in [3.63, 3.8) is 0 Å². The minimum Gasteiger partial charge on any atom is -0.375 e. The van der Waals surface area contributed by atoms with E-state index in [0.717, 1.165) is 25.7 Å². The third-order valence-corrected chi connectivity index (χ3v) is 5.38. The predicted molar refractivity (Wildman–Crippen MR) is 77.4 cm³/mol. The van der Waals surface area contributed by atoms with Crippen molar-refractivity contribution < 1.29 is 22.7 Å². The van der Waals surface area contributed by atoms with Gasteiger partial charge in [-0.1, -0.05) is 0 Å². The summed E-state index contributed by atoms with van der Waals surface area (Å²) in [6.07, 6.45) is 4.65. The number of methoxy groups -OCH3 is 1. The SMILES string of the molecule is COCC(=O)NC[C@@H]1CCC[C@@]2(CCN(S(C)(=O)=O)C2)O1. The van der Waals surface area contributed by atoms with E-state index in [0.29, 0.717) is 19.6 Å². The highest BCUT2D eigenvalue weighted by Gasteiger charge is 2.45. The van der Waals surface area contributed by atoms with Crippen molar-refractivity contribution in [1.82, 2.24) is 9.62 Å². The quantitative estimate of drug-likeness (QED) is 0.753. The Balaban J connectivity index is 1.88. The average molecular weight is 320 g/mol. The molecule has 1 spiro atoms. The Kier molecular flexibility index (Phi) is 5.24. The van der Waals surface area contributed by atoms with Crippen molar-refractivity contribution in [3.05, 3.63) is 0 Å². The summed E-state index contributed by atoms with van der Waals surface area (Å²) in [5.41, 5.74) is -0.377. The van der Waals surface area contributed by atoms with Gasteiger partial charge >= 0.3 is 0 Å². The summed E-state index contributed by atoms with van der Waals surface area (Å²) < 4.78 is 35.6. The third-order valence-electron chi connectivity index (χ3n) is 4.13. The molecular weight excluding hydrogens is 296 g/mol. The third kappa shape index (κ3) is 4.38. The number of sulfonamides is 1. The number of ether oxygens (including phenoxy) is 2. The van der Waals surface area contributed by atoms with Crippen LogP contribution in [0.2, 0.25) is 0 Å². The summed E-state index contributed by atoms with van der Waals surface area (Å²) in [4.78, 5) is 11.4. The van der Waals surface area contributed by atoms with Crippen LogP contribution in [0.5, 0.6) is 0 Å². The van der Waals surface area contributed by atoms with Gasteiger partial charge in [-0.2, -0.15) is 4.31 Å². The van der Waals surface area contributed by atoms with Crippen molar-refractivity contribution in [2.45, 2.75) is 37.4 Å². The molecule has 1 N–H and O–H groups in total. The van der Waals surface area contributed by atoms with Crippen LogP contribution in [0.4, 0.5) is 0 Å². The molecule has 2 saturated heterocycles. The minimum absolute atomic E-state index is 0.0414. The lowest BCUT2D eigenvalue weighted by Crippen LogP contribution is -2.47. The van der Waals surface area contributed by atoms with E-state index in [-0.39, 0.29) is 24.2 Å². The van der Waals surface area contributed by atoms with Gasteiger partial charge in [0.15, 0.2) is 0 Å². The van der Waals surface area contributed by atoms with E-state index in [1.165, 1.54) is 17.7 Å². The molecule has 122 valence electrons. The fraction of sp³-hybridized carbons (Fsp3) is 0.923. The molecule has 0 radical (unpaired) electrons. The van der Waals surface area contributed by atoms with Crippen LogP contribution in [-0.2, 0) is 24.3 Å². The van der Waals surface area contributed by atoms with Gasteiger partial charge in [-0.05, 0) is 25.7 Å². The number of hydrogen-bond acceptors (Lipinski definition) is 5. The first kappa shape index (κ1) is 16.7. The Morgan fingerprint density at radius 3 is 2.86 bits per heavy atom. The molecule has 2 atom stereocenters. The molecule has 0 aromatic rings. The second kappa shape index (κ2) is 6.60. The first-order valence-corrected chi connectivity index (χ1v) is 9.08. The van der Waals surface area contributed by atoms with Crippen molar-refractivity contribution in [2.75, 3.05) is 39.6 Å². The fourth-order valence-electron chi connectivity index (χ4n) is 3.07. The van der Waals surface area contributed by atoms with Crippen LogP contribution in [-0.4, -0.2) is 69.9 Å². The van der Waals surface area contributed by atoms with Crippen molar-refractivity contribution >= 4 is 15.9 Å². The molecule has 0 bridgehead atoms. The van der Waals surface area contributed by atoms with Crippen LogP contribution in [0.1, 0.15) is 25.7 Å². The highest BCUT2D eigenvalue weighted by molar-refractivity contribution is 7.88. The molecule has 2 aliphatic heterocycles. The van der Waals surface area contributed by atoms with E-state index < -0.39 is 10.0 Å². The van der Waals surface area contributed by atoms with Crippen molar-refractivity contribution in [2.24, 2.45) is 0 Å². The predicted octanol–water partition coefficient (Wildman–Crippen LogP) is -0.278. The Bertz CT molecular complexity index is 481. The number of hydrogen-bond donors (Lipinski definition) is 1. The standard InChI is InChI=1S/C13H24N2O5S/c1-19-9-12(16)14-8-11-4-3-5-13(20-11)6-7-15(10-13)21(2,17)18/h11H,3-10H2,1-2H3,(H,14,16)/t11-,13-/m0/s1. The van der Waals surface area contributed by atoms with Gasteiger partial charge in [0.2, 0.25) is 15.9 Å². The van der Waals surface area contributed by atoms with Crippen LogP contribution in [0, 0.1) is 0 Å². The number of carbonyl (C=O) groups excluding carboxylic acids is 1. The first-order valence-electron chi connectivity index (χ1n) is 7.23. The van der Waals surface area contributed by atoms with Crippen LogP contribution in [0.3, 0.4) is 0 Å². The van der Waals surface area contributed by atoms with Crippen LogP contribution in [0.25, 0.3) is 0 Å². The van der Waals surface area contributed by atoms with Crippen molar-refractivity contribution in [3.8, 4) is 0 Å². The van der Waals surface area contributed by atoms with E-state index in [4.69, 9.17) is 9.47 Å². The normalized spacial score (nSPS) is 30.7. The molecular formula is C13H24N2O5S. The van der Waals surface area contributed by atoms with E-state index in [9.17, 15) is 13.2 Å². The summed E-state index contributed by atoms with van der Waals surface area (Å²) in [7, 11) is -1.69. The number of carbonyl (C=O) groups is 1. The summed E-state index contributed by atoms with van der Waals surface area (Å²) in [6, 6.07) is 0. The lowest BCUT2D eigenvalue weighted by Gasteiger charge is -2.38. The average Bonchev–Trinajstić information content (AvgIpc) is 2.81. The molecule has 1 amide bonds. The minimum atomic E-state index is -3.16. The van der Waals surface area contributed by atoms with Gasteiger partial charge in [0.05, 0.1) is 18.0 Å². The fourth-order valence-corrected chi connectivity index (χ4v) is 3.96. The highest BCUT2D eigenvalue weighted by atomic mass is 32.2. The van der Waals surface area contributed by atoms with Crippen LogP contribution >= 0.6 is 0 Å². The molecule has 0 aliphatic carbocycles. The smallest absolute Gasteiger partial charge is 0.246 e. The maximum atomic E-state index is 11.6. The van der Waals surface area contributed by atoms with Crippen LogP contribution < -0.4 is 5.32 Å². The first-order chi connectivity index (χ1) is 9.85. The van der Waals surface area contributed by atoms with E-state index in [2.05, 4.69) is 5.32 Å². The van der Waals surface area contributed by atoms with Gasteiger partial charge in [-0.15, -0.1) is 0 Å². The second-order valence-corrected chi connectivity index (χ2v) is 7.88. The maximum Gasteiger partial charge on any atom is 0.246 e. The Labute approximate surface area is 126 Å². The molecule has 0 saturated carbocycles. The Morgan fingerprint density at radius 1 is 1.48 bits per heavy atom. The maximum absolute atomic E-state index is 11.6. The van der Waals surface area contributed by atoms with Gasteiger partial charge in [0.1, 0.15) is 6.61 Å². The molecule has 2 fully saturated rings. The zero-order valence-electron chi connectivity index (χ0n) is 12.6. The zero-order chi connectivity index (χ0) is 15.5. The second-order valence-electron chi connectivity index (χ2n) is 5.90. The molecule has 2 rings (SSSR count). The number of amides is 1. The summed E-state index contributed by atoms with van der Waals surface area (Å²) in [6.45, 7) is 1.43. The molecule has 0 aromatic carbocycles. The number of nitrogens with zero attached hydrogens (tertiary/aromatic N) is 1. The van der Waals surface area contributed by atoms with Gasteiger partial charge in [-0.3, -0.25) is 4.79 Å². The molecule has 2 heterocycles. The molecule has 8 heteroatoms. The number of nitrogens with one attached hydrogen (secondary N) is 1. The largest absolute Gasteiger partial charge is 0.375 e. The van der Waals surface area contributed by atoms with Gasteiger partial charge in [0.25, 0.3) is 0 Å². The Morgan fingerprint density at radius 2 is 2.24 bits per heavy atom. The Hall–Kier alpha value is -0.700. The molecule has 0 aromatic heterocycles.